The predicted molar refractivity (Wildman–Crippen MR) is 69.7 cm³/mol. The first-order valence-corrected chi connectivity index (χ1v) is 6.49. The number of rotatable bonds is 5. The van der Waals surface area contributed by atoms with Crippen LogP contribution < -0.4 is 4.74 Å². The molecule has 2 rings (SSSR count). The zero-order valence-corrected chi connectivity index (χ0v) is 11.3. The second-order valence-electron chi connectivity index (χ2n) is 4.72. The fourth-order valence-corrected chi connectivity index (χ4v) is 1.91. The topological polar surface area (TPSA) is 42.4 Å². The lowest BCUT2D eigenvalue weighted by molar-refractivity contribution is -0.142. The van der Waals surface area contributed by atoms with E-state index in [0.717, 1.165) is 6.07 Å². The second kappa shape index (κ2) is 6.15. The number of ether oxygens (including phenoxy) is 1. The highest BCUT2D eigenvalue weighted by atomic mass is 19.4. The Morgan fingerprint density at radius 3 is 2.81 bits per heavy atom. The van der Waals surface area contributed by atoms with Crippen LogP contribution in [0.3, 0.4) is 0 Å². The lowest BCUT2D eigenvalue weighted by Crippen LogP contribution is -2.56. The zero-order chi connectivity index (χ0) is 15.5. The molecule has 0 N–H and O–H groups in total. The Kier molecular flexibility index (Phi) is 4.50. The Bertz CT molecular complexity index is 525. The zero-order valence-electron chi connectivity index (χ0n) is 11.3. The Morgan fingerprint density at radius 2 is 2.19 bits per heavy atom. The Hall–Kier alpha value is -2.05. The van der Waals surface area contributed by atoms with E-state index in [1.165, 1.54) is 12.1 Å². The van der Waals surface area contributed by atoms with Crippen LogP contribution in [0.25, 0.3) is 0 Å². The van der Waals surface area contributed by atoms with Gasteiger partial charge in [0.25, 0.3) is 0 Å². The van der Waals surface area contributed by atoms with Crippen LogP contribution in [0.5, 0.6) is 5.88 Å². The number of alkyl halides is 3. The number of likely N-dealkylation sites (tertiary alicyclic amines) is 1. The Balaban J connectivity index is 1.85. The third kappa shape index (κ3) is 3.96. The third-order valence-electron chi connectivity index (χ3n) is 3.06. The summed E-state index contributed by atoms with van der Waals surface area (Å²) in [6.45, 7) is 4.28. The molecule has 4 nitrogen and oxygen atoms in total. The molecular weight excluding hydrogens is 285 g/mol. The van der Waals surface area contributed by atoms with Crippen molar-refractivity contribution in [3.8, 4) is 5.88 Å². The largest absolute Gasteiger partial charge is 0.471 e. The maximum absolute atomic E-state index is 12.5. The van der Waals surface area contributed by atoms with E-state index in [9.17, 15) is 18.0 Å². The minimum Gasteiger partial charge on any atom is -0.471 e. The molecule has 0 atom stereocenters. The number of allylic oxidation sites excluding steroid dienone is 1. The average molecular weight is 300 g/mol. The summed E-state index contributed by atoms with van der Waals surface area (Å²) in [7, 11) is 0. The first kappa shape index (κ1) is 15.3. The molecule has 0 unspecified atom stereocenters. The Labute approximate surface area is 120 Å². The van der Waals surface area contributed by atoms with Gasteiger partial charge in [-0.25, -0.2) is 4.98 Å². The summed E-state index contributed by atoms with van der Waals surface area (Å²) in [4.78, 5) is 16.6. The molecule has 0 aromatic carbocycles. The van der Waals surface area contributed by atoms with Gasteiger partial charge in [0, 0.05) is 12.5 Å². The smallest absolute Gasteiger partial charge is 0.433 e. The molecule has 7 heteroatoms. The van der Waals surface area contributed by atoms with Crippen molar-refractivity contribution in [1.82, 2.24) is 9.88 Å². The maximum atomic E-state index is 12.5. The van der Waals surface area contributed by atoms with Gasteiger partial charge in [-0.05, 0) is 12.5 Å². The van der Waals surface area contributed by atoms with Crippen LogP contribution >= 0.6 is 0 Å². The molecule has 1 aliphatic heterocycles. The molecule has 2 heterocycles. The van der Waals surface area contributed by atoms with Gasteiger partial charge < -0.3 is 9.64 Å². The maximum Gasteiger partial charge on any atom is 0.433 e. The van der Waals surface area contributed by atoms with Gasteiger partial charge in [0.15, 0.2) is 0 Å². The SMILES string of the molecule is C=CCCC(=O)N1CC(Oc2cccc(C(F)(F)F)n2)C1. The highest BCUT2D eigenvalue weighted by Crippen LogP contribution is 2.29. The van der Waals surface area contributed by atoms with Gasteiger partial charge in [-0.15, -0.1) is 6.58 Å². The fourth-order valence-electron chi connectivity index (χ4n) is 1.91. The lowest BCUT2D eigenvalue weighted by atomic mass is 10.1. The number of nitrogens with zero attached hydrogens (tertiary/aromatic N) is 2. The number of amides is 1. The molecule has 114 valence electrons. The summed E-state index contributed by atoms with van der Waals surface area (Å²) in [6, 6.07) is 3.51. The molecule has 0 radical (unpaired) electrons. The van der Waals surface area contributed by atoms with Gasteiger partial charge in [0.05, 0.1) is 13.1 Å². The summed E-state index contributed by atoms with van der Waals surface area (Å²) >= 11 is 0. The number of hydrogen-bond acceptors (Lipinski definition) is 3. The van der Waals surface area contributed by atoms with Crippen LogP contribution in [0.4, 0.5) is 13.2 Å². The van der Waals surface area contributed by atoms with Gasteiger partial charge >= 0.3 is 6.18 Å². The second-order valence-corrected chi connectivity index (χ2v) is 4.72. The third-order valence-corrected chi connectivity index (χ3v) is 3.06. The molecule has 1 aromatic heterocycles. The highest BCUT2D eigenvalue weighted by molar-refractivity contribution is 5.77. The monoisotopic (exact) mass is 300 g/mol. The standard InChI is InChI=1S/C14H15F3N2O2/c1-2-3-7-13(20)19-8-10(9-19)21-12-6-4-5-11(18-12)14(15,16)17/h2,4-6,10H,1,3,7-9H2. The summed E-state index contributed by atoms with van der Waals surface area (Å²) in [5.74, 6) is -0.0835. The number of carbonyl (C=O) groups is 1. The van der Waals surface area contributed by atoms with E-state index in [1.54, 1.807) is 11.0 Å². The molecule has 0 bridgehead atoms. The first-order valence-electron chi connectivity index (χ1n) is 6.49. The molecule has 1 saturated heterocycles. The number of aromatic nitrogens is 1. The molecule has 1 fully saturated rings. The summed E-state index contributed by atoms with van der Waals surface area (Å²) in [5, 5.41) is 0. The van der Waals surface area contributed by atoms with E-state index in [2.05, 4.69) is 11.6 Å². The van der Waals surface area contributed by atoms with Gasteiger partial charge in [-0.2, -0.15) is 13.2 Å². The molecule has 1 aromatic rings. The quantitative estimate of drug-likeness (QED) is 0.785. The predicted octanol–water partition coefficient (Wildman–Crippen LogP) is 2.66. The van der Waals surface area contributed by atoms with Crippen LogP contribution in [0.15, 0.2) is 30.9 Å². The molecule has 0 aliphatic carbocycles. The fraction of sp³-hybridized carbons (Fsp3) is 0.429. The molecule has 1 amide bonds. The molecule has 21 heavy (non-hydrogen) atoms. The van der Waals surface area contributed by atoms with Crippen molar-refractivity contribution in [2.75, 3.05) is 13.1 Å². The van der Waals surface area contributed by atoms with E-state index in [0.29, 0.717) is 25.9 Å². The molecular formula is C14H15F3N2O2. The average Bonchev–Trinajstić information content (AvgIpc) is 2.39. The van der Waals surface area contributed by atoms with E-state index in [1.807, 2.05) is 0 Å². The van der Waals surface area contributed by atoms with Crippen molar-refractivity contribution >= 4 is 5.91 Å². The van der Waals surface area contributed by atoms with Crippen LogP contribution in [-0.2, 0) is 11.0 Å². The molecule has 1 aliphatic rings. The summed E-state index contributed by atoms with van der Waals surface area (Å²) in [6.07, 6.45) is -2.15. The first-order chi connectivity index (χ1) is 9.90. The number of carbonyl (C=O) groups excluding carboxylic acids is 1. The molecule has 0 spiro atoms. The van der Waals surface area contributed by atoms with Crippen LogP contribution in [0.2, 0.25) is 0 Å². The van der Waals surface area contributed by atoms with Gasteiger partial charge in [0.2, 0.25) is 11.8 Å². The number of halogens is 3. The van der Waals surface area contributed by atoms with Crippen molar-refractivity contribution in [1.29, 1.82) is 0 Å². The van der Waals surface area contributed by atoms with Crippen LogP contribution in [0, 0.1) is 0 Å². The highest BCUT2D eigenvalue weighted by Gasteiger charge is 2.34. The van der Waals surface area contributed by atoms with Gasteiger partial charge in [-0.3, -0.25) is 4.79 Å². The lowest BCUT2D eigenvalue weighted by Gasteiger charge is -2.38. The Morgan fingerprint density at radius 1 is 1.48 bits per heavy atom. The van der Waals surface area contributed by atoms with Crippen molar-refractivity contribution in [2.45, 2.75) is 25.1 Å². The van der Waals surface area contributed by atoms with Crippen molar-refractivity contribution in [3.63, 3.8) is 0 Å². The van der Waals surface area contributed by atoms with E-state index >= 15 is 0 Å². The minimum atomic E-state index is -4.49. The van der Waals surface area contributed by atoms with Crippen LogP contribution in [0.1, 0.15) is 18.5 Å². The van der Waals surface area contributed by atoms with Crippen molar-refractivity contribution in [3.05, 3.63) is 36.5 Å². The molecule has 0 saturated carbocycles. The van der Waals surface area contributed by atoms with E-state index in [-0.39, 0.29) is 17.9 Å². The van der Waals surface area contributed by atoms with Crippen molar-refractivity contribution < 1.29 is 22.7 Å². The van der Waals surface area contributed by atoms with E-state index in [4.69, 9.17) is 4.74 Å². The number of pyridine rings is 1. The number of hydrogen-bond donors (Lipinski definition) is 0. The van der Waals surface area contributed by atoms with Crippen LogP contribution in [-0.4, -0.2) is 35.0 Å². The van der Waals surface area contributed by atoms with Gasteiger partial charge in [-0.1, -0.05) is 12.1 Å². The van der Waals surface area contributed by atoms with Gasteiger partial charge in [0.1, 0.15) is 11.8 Å². The normalized spacial score (nSPS) is 15.5. The minimum absolute atomic E-state index is 0.00764. The van der Waals surface area contributed by atoms with E-state index < -0.39 is 11.9 Å². The van der Waals surface area contributed by atoms with Crippen molar-refractivity contribution in [2.24, 2.45) is 0 Å². The summed E-state index contributed by atoms with van der Waals surface area (Å²) in [5.41, 5.74) is -0.988. The summed E-state index contributed by atoms with van der Waals surface area (Å²) < 4.78 is 42.9.